The van der Waals surface area contributed by atoms with Gasteiger partial charge < -0.3 is 4.74 Å². The third-order valence-corrected chi connectivity index (χ3v) is 4.80. The summed E-state index contributed by atoms with van der Waals surface area (Å²) in [6, 6.07) is 14.2. The molecule has 0 aliphatic heterocycles. The molecule has 0 unspecified atom stereocenters. The molecule has 0 saturated carbocycles. The van der Waals surface area contributed by atoms with E-state index in [0.29, 0.717) is 0 Å². The van der Waals surface area contributed by atoms with Crippen LogP contribution >= 0.6 is 27.7 Å². The molecule has 0 saturated heterocycles. The predicted molar refractivity (Wildman–Crippen MR) is 94.5 cm³/mol. The van der Waals surface area contributed by atoms with E-state index in [2.05, 4.69) is 50.2 Å². The monoisotopic (exact) mass is 374 g/mol. The van der Waals surface area contributed by atoms with Gasteiger partial charge in [0.15, 0.2) is 5.16 Å². The molecule has 0 fully saturated rings. The number of benzene rings is 2. The van der Waals surface area contributed by atoms with Gasteiger partial charge in [-0.25, -0.2) is 9.97 Å². The van der Waals surface area contributed by atoms with Crippen molar-refractivity contribution in [2.45, 2.75) is 17.8 Å². The minimum atomic E-state index is 0.804. The van der Waals surface area contributed by atoms with Gasteiger partial charge in [0.05, 0.1) is 12.6 Å². The highest BCUT2D eigenvalue weighted by Gasteiger charge is 2.07. The molecule has 5 heteroatoms. The minimum absolute atomic E-state index is 0.804. The molecule has 3 aromatic rings. The molecule has 112 valence electrons. The van der Waals surface area contributed by atoms with E-state index in [1.807, 2.05) is 25.1 Å². The van der Waals surface area contributed by atoms with Crippen LogP contribution in [0, 0.1) is 6.92 Å². The summed E-state index contributed by atoms with van der Waals surface area (Å²) in [6.45, 7) is 2.01. The summed E-state index contributed by atoms with van der Waals surface area (Å²) < 4.78 is 6.35. The smallest absolute Gasteiger partial charge is 0.188 e. The molecule has 0 aliphatic carbocycles. The molecule has 2 aromatic carbocycles. The van der Waals surface area contributed by atoms with Gasteiger partial charge in [0.25, 0.3) is 0 Å². The average molecular weight is 375 g/mol. The van der Waals surface area contributed by atoms with Gasteiger partial charge in [0, 0.05) is 21.3 Å². The summed E-state index contributed by atoms with van der Waals surface area (Å²) >= 11 is 5.10. The number of halogens is 1. The molecule has 3 nitrogen and oxygen atoms in total. The summed E-state index contributed by atoms with van der Waals surface area (Å²) in [5.41, 5.74) is 3.18. The van der Waals surface area contributed by atoms with Crippen LogP contribution in [0.1, 0.15) is 11.3 Å². The predicted octanol–water partition coefficient (Wildman–Crippen LogP) is 5.00. The van der Waals surface area contributed by atoms with Crippen LogP contribution in [0.3, 0.4) is 0 Å². The number of ether oxygens (including phenoxy) is 1. The zero-order valence-corrected chi connectivity index (χ0v) is 14.7. The van der Waals surface area contributed by atoms with Gasteiger partial charge in [-0.3, -0.25) is 0 Å². The van der Waals surface area contributed by atoms with Gasteiger partial charge in [0.1, 0.15) is 5.75 Å². The first-order valence-electron chi connectivity index (χ1n) is 6.85. The van der Waals surface area contributed by atoms with E-state index in [4.69, 9.17) is 4.74 Å². The van der Waals surface area contributed by atoms with Crippen molar-refractivity contribution in [2.75, 3.05) is 7.11 Å². The Morgan fingerprint density at radius 2 is 1.86 bits per heavy atom. The summed E-state index contributed by atoms with van der Waals surface area (Å²) in [5, 5.41) is 1.84. The van der Waals surface area contributed by atoms with Crippen LogP contribution in [-0.4, -0.2) is 17.1 Å². The molecule has 3 rings (SSSR count). The molecular weight excluding hydrogens is 360 g/mol. The molecule has 0 spiro atoms. The quantitative estimate of drug-likeness (QED) is 0.475. The van der Waals surface area contributed by atoms with Gasteiger partial charge in [-0.05, 0) is 42.8 Å². The van der Waals surface area contributed by atoms with Crippen molar-refractivity contribution in [3.63, 3.8) is 0 Å². The fraction of sp³-hybridized carbons (Fsp3) is 0.176. The summed E-state index contributed by atoms with van der Waals surface area (Å²) in [6.07, 6.45) is 0. The lowest BCUT2D eigenvalue weighted by Crippen LogP contribution is -1.94. The fourth-order valence-corrected chi connectivity index (χ4v) is 3.27. The number of hydrogen-bond acceptors (Lipinski definition) is 4. The number of nitrogens with zero attached hydrogens (tertiary/aromatic N) is 2. The van der Waals surface area contributed by atoms with Crippen molar-refractivity contribution in [1.29, 1.82) is 0 Å². The van der Waals surface area contributed by atoms with Crippen molar-refractivity contribution in [3.8, 4) is 5.75 Å². The van der Waals surface area contributed by atoms with Crippen LogP contribution in [0.5, 0.6) is 5.75 Å². The highest BCUT2D eigenvalue weighted by molar-refractivity contribution is 9.10. The SMILES string of the molecule is COc1ccc2nc(SCc3ccc(Br)cc3)nc(C)c2c1. The first-order chi connectivity index (χ1) is 10.7. The van der Waals surface area contributed by atoms with Crippen molar-refractivity contribution in [2.24, 2.45) is 0 Å². The second-order valence-corrected chi connectivity index (χ2v) is 6.75. The van der Waals surface area contributed by atoms with E-state index in [1.165, 1.54) is 5.56 Å². The Labute approximate surface area is 142 Å². The largest absolute Gasteiger partial charge is 0.497 e. The van der Waals surface area contributed by atoms with Crippen LogP contribution in [0.15, 0.2) is 52.1 Å². The maximum Gasteiger partial charge on any atom is 0.188 e. The van der Waals surface area contributed by atoms with Crippen molar-refractivity contribution >= 4 is 38.6 Å². The van der Waals surface area contributed by atoms with Crippen LogP contribution < -0.4 is 4.74 Å². The molecule has 1 aromatic heterocycles. The van der Waals surface area contributed by atoms with Crippen molar-refractivity contribution in [1.82, 2.24) is 9.97 Å². The molecule has 0 radical (unpaired) electrons. The number of fused-ring (bicyclic) bond motifs is 1. The van der Waals surface area contributed by atoms with E-state index in [0.717, 1.165) is 37.7 Å². The Balaban J connectivity index is 1.83. The zero-order valence-electron chi connectivity index (χ0n) is 12.3. The maximum absolute atomic E-state index is 5.26. The molecule has 1 heterocycles. The molecule has 22 heavy (non-hydrogen) atoms. The standard InChI is InChI=1S/C17H15BrN2OS/c1-11-15-9-14(21-2)7-8-16(15)20-17(19-11)22-10-12-3-5-13(18)6-4-12/h3-9H,10H2,1-2H3. The summed E-state index contributed by atoms with van der Waals surface area (Å²) in [4.78, 5) is 9.23. The second kappa shape index (κ2) is 6.67. The molecule has 0 N–H and O–H groups in total. The Morgan fingerprint density at radius 3 is 2.59 bits per heavy atom. The van der Waals surface area contributed by atoms with Gasteiger partial charge >= 0.3 is 0 Å². The van der Waals surface area contributed by atoms with E-state index >= 15 is 0 Å². The van der Waals surface area contributed by atoms with Crippen LogP contribution in [0.2, 0.25) is 0 Å². The van der Waals surface area contributed by atoms with E-state index in [1.54, 1.807) is 18.9 Å². The van der Waals surface area contributed by atoms with Crippen molar-refractivity contribution < 1.29 is 4.74 Å². The lowest BCUT2D eigenvalue weighted by Gasteiger charge is -2.07. The number of rotatable bonds is 4. The normalized spacial score (nSPS) is 10.9. The van der Waals surface area contributed by atoms with Gasteiger partial charge in [-0.1, -0.05) is 39.8 Å². The Kier molecular flexibility index (Phi) is 4.64. The van der Waals surface area contributed by atoms with E-state index < -0.39 is 0 Å². The Morgan fingerprint density at radius 1 is 1.09 bits per heavy atom. The molecular formula is C17H15BrN2OS. The first kappa shape index (κ1) is 15.3. The Bertz CT molecular complexity index is 806. The lowest BCUT2D eigenvalue weighted by atomic mass is 10.2. The van der Waals surface area contributed by atoms with Crippen molar-refractivity contribution in [3.05, 3.63) is 58.2 Å². The topological polar surface area (TPSA) is 35.0 Å². The molecule has 0 atom stereocenters. The number of aryl methyl sites for hydroxylation is 1. The van der Waals surface area contributed by atoms with Crippen LogP contribution in [-0.2, 0) is 5.75 Å². The summed E-state index contributed by atoms with van der Waals surface area (Å²) in [5.74, 6) is 1.68. The number of aromatic nitrogens is 2. The van der Waals surface area contributed by atoms with Crippen LogP contribution in [0.4, 0.5) is 0 Å². The third-order valence-electron chi connectivity index (χ3n) is 3.35. The first-order valence-corrected chi connectivity index (χ1v) is 8.63. The minimum Gasteiger partial charge on any atom is -0.497 e. The third kappa shape index (κ3) is 3.42. The highest BCUT2D eigenvalue weighted by Crippen LogP contribution is 2.26. The fourth-order valence-electron chi connectivity index (χ4n) is 2.15. The van der Waals surface area contributed by atoms with E-state index in [-0.39, 0.29) is 0 Å². The average Bonchev–Trinajstić information content (AvgIpc) is 2.54. The molecule has 0 aliphatic rings. The van der Waals surface area contributed by atoms with Gasteiger partial charge in [-0.15, -0.1) is 0 Å². The van der Waals surface area contributed by atoms with Gasteiger partial charge in [-0.2, -0.15) is 0 Å². The molecule has 0 bridgehead atoms. The maximum atomic E-state index is 5.26. The Hall–Kier alpha value is -1.59. The second-order valence-electron chi connectivity index (χ2n) is 4.89. The zero-order chi connectivity index (χ0) is 15.5. The number of hydrogen-bond donors (Lipinski definition) is 0. The summed E-state index contributed by atoms with van der Waals surface area (Å²) in [7, 11) is 1.67. The lowest BCUT2D eigenvalue weighted by molar-refractivity contribution is 0.415. The van der Waals surface area contributed by atoms with E-state index in [9.17, 15) is 0 Å². The van der Waals surface area contributed by atoms with Crippen LogP contribution in [0.25, 0.3) is 10.9 Å². The number of thioether (sulfide) groups is 1. The molecule has 0 amide bonds. The van der Waals surface area contributed by atoms with Gasteiger partial charge in [0.2, 0.25) is 0 Å². The highest BCUT2D eigenvalue weighted by atomic mass is 79.9. The number of methoxy groups -OCH3 is 1.